The van der Waals surface area contributed by atoms with Gasteiger partial charge in [-0.25, -0.2) is 4.79 Å². The normalized spacial score (nSPS) is 10.1. The summed E-state index contributed by atoms with van der Waals surface area (Å²) < 4.78 is 0. The van der Waals surface area contributed by atoms with Crippen LogP contribution in [0.2, 0.25) is 5.02 Å². The Labute approximate surface area is 133 Å². The van der Waals surface area contributed by atoms with Gasteiger partial charge in [0.15, 0.2) is 0 Å². The molecule has 0 aliphatic carbocycles. The Balaban J connectivity index is 1.92. The maximum absolute atomic E-state index is 11.9. The Bertz CT molecular complexity index is 716. The highest BCUT2D eigenvalue weighted by Crippen LogP contribution is 2.15. The van der Waals surface area contributed by atoms with Gasteiger partial charge in [-0.3, -0.25) is 4.79 Å². The van der Waals surface area contributed by atoms with E-state index in [1.165, 1.54) is 0 Å². The molecule has 2 rings (SSSR count). The number of nitrogen functional groups attached to an aromatic ring is 1. The Morgan fingerprint density at radius 2 is 2.00 bits per heavy atom. The first-order chi connectivity index (χ1) is 10.5. The quantitative estimate of drug-likeness (QED) is 0.673. The van der Waals surface area contributed by atoms with Gasteiger partial charge in [-0.15, -0.1) is 0 Å². The Morgan fingerprint density at radius 3 is 2.68 bits per heavy atom. The summed E-state index contributed by atoms with van der Waals surface area (Å²) >= 11 is 5.82. The lowest BCUT2D eigenvalue weighted by Crippen LogP contribution is -2.28. The predicted molar refractivity (Wildman–Crippen MR) is 84.3 cm³/mol. The zero-order valence-corrected chi connectivity index (χ0v) is 12.7. The fourth-order valence-corrected chi connectivity index (χ4v) is 2.17. The number of hydrogen-bond acceptors (Lipinski definition) is 4. The fraction of sp³-hybridized carbons (Fsp3) is 0.125. The summed E-state index contributed by atoms with van der Waals surface area (Å²) in [5.74, 6) is -1.08. The van der Waals surface area contributed by atoms with E-state index >= 15 is 0 Å². The Kier molecular flexibility index (Phi) is 5.01. The van der Waals surface area contributed by atoms with Crippen molar-refractivity contribution in [3.63, 3.8) is 0 Å². The third-order valence-corrected chi connectivity index (χ3v) is 3.22. The fourth-order valence-electron chi connectivity index (χ4n) is 1.94. The molecular formula is C16H15ClN2O3. The van der Waals surface area contributed by atoms with Crippen molar-refractivity contribution in [2.75, 3.05) is 5.73 Å². The smallest absolute Gasteiger partial charge is 0.363 e. The van der Waals surface area contributed by atoms with E-state index in [1.54, 1.807) is 49.4 Å². The molecule has 0 saturated carbocycles. The molecule has 0 aliphatic heterocycles. The molecule has 6 heteroatoms. The van der Waals surface area contributed by atoms with Crippen LogP contribution in [-0.2, 0) is 16.1 Å². The molecule has 2 aromatic rings. The minimum absolute atomic E-state index is 0.0674. The molecule has 0 spiro atoms. The second-order valence-corrected chi connectivity index (χ2v) is 5.23. The van der Waals surface area contributed by atoms with Crippen LogP contribution in [0.1, 0.15) is 21.5 Å². The zero-order valence-electron chi connectivity index (χ0n) is 11.9. The van der Waals surface area contributed by atoms with Crippen molar-refractivity contribution in [2.45, 2.75) is 13.3 Å². The van der Waals surface area contributed by atoms with Gasteiger partial charge in [0, 0.05) is 10.7 Å². The van der Waals surface area contributed by atoms with E-state index < -0.39 is 11.9 Å². The average Bonchev–Trinajstić information content (AvgIpc) is 2.45. The van der Waals surface area contributed by atoms with Gasteiger partial charge in [-0.05, 0) is 48.4 Å². The number of aryl methyl sites for hydroxylation is 1. The summed E-state index contributed by atoms with van der Waals surface area (Å²) in [4.78, 5) is 28.4. The molecule has 0 aromatic heterocycles. The summed E-state index contributed by atoms with van der Waals surface area (Å²) in [6, 6.07) is 11.7. The van der Waals surface area contributed by atoms with Crippen LogP contribution in [0, 0.1) is 6.92 Å². The Hall–Kier alpha value is -2.53. The highest BCUT2D eigenvalue weighted by atomic mass is 35.5. The zero-order chi connectivity index (χ0) is 16.1. The van der Waals surface area contributed by atoms with Crippen molar-refractivity contribution < 1.29 is 14.4 Å². The molecule has 0 saturated heterocycles. The summed E-state index contributed by atoms with van der Waals surface area (Å²) in [5, 5.41) is 0.528. The molecule has 0 bridgehead atoms. The first kappa shape index (κ1) is 15.9. The largest absolute Gasteiger partial charge is 0.399 e. The van der Waals surface area contributed by atoms with Crippen LogP contribution < -0.4 is 11.2 Å². The van der Waals surface area contributed by atoms with Gasteiger partial charge >= 0.3 is 5.97 Å². The van der Waals surface area contributed by atoms with Gasteiger partial charge in [0.05, 0.1) is 12.0 Å². The van der Waals surface area contributed by atoms with Crippen LogP contribution in [0.25, 0.3) is 0 Å². The lowest BCUT2D eigenvalue weighted by molar-refractivity contribution is -0.129. The molecule has 3 N–H and O–H groups in total. The summed E-state index contributed by atoms with van der Waals surface area (Å²) in [6.07, 6.45) is 0.0674. The molecule has 0 radical (unpaired) electrons. The van der Waals surface area contributed by atoms with Gasteiger partial charge in [0.1, 0.15) is 0 Å². The van der Waals surface area contributed by atoms with Gasteiger partial charge in [-0.1, -0.05) is 23.7 Å². The van der Waals surface area contributed by atoms with Crippen molar-refractivity contribution in [3.05, 3.63) is 64.2 Å². The van der Waals surface area contributed by atoms with Crippen LogP contribution in [-0.4, -0.2) is 11.9 Å². The highest BCUT2D eigenvalue weighted by Gasteiger charge is 2.13. The third kappa shape index (κ3) is 4.23. The number of carbonyl (C=O) groups excluding carboxylic acids is 2. The second kappa shape index (κ2) is 6.95. The van der Waals surface area contributed by atoms with E-state index in [4.69, 9.17) is 22.2 Å². The number of amides is 1. The van der Waals surface area contributed by atoms with E-state index in [9.17, 15) is 9.59 Å². The molecule has 2 aromatic carbocycles. The van der Waals surface area contributed by atoms with Crippen LogP contribution in [0.5, 0.6) is 0 Å². The van der Waals surface area contributed by atoms with E-state index in [-0.39, 0.29) is 6.42 Å². The topological polar surface area (TPSA) is 81.4 Å². The van der Waals surface area contributed by atoms with Gasteiger partial charge in [-0.2, -0.15) is 5.48 Å². The number of hydrogen-bond donors (Lipinski definition) is 2. The second-order valence-electron chi connectivity index (χ2n) is 4.80. The van der Waals surface area contributed by atoms with Gasteiger partial charge in [0.2, 0.25) is 0 Å². The first-order valence-corrected chi connectivity index (χ1v) is 6.94. The summed E-state index contributed by atoms with van der Waals surface area (Å²) in [7, 11) is 0. The molecule has 5 nitrogen and oxygen atoms in total. The highest BCUT2D eigenvalue weighted by molar-refractivity contribution is 6.30. The number of carbonyl (C=O) groups is 2. The number of hydroxylamine groups is 1. The minimum atomic E-state index is -0.643. The number of rotatable bonds is 3. The minimum Gasteiger partial charge on any atom is -0.399 e. The molecule has 22 heavy (non-hydrogen) atoms. The maximum atomic E-state index is 11.9. The van der Waals surface area contributed by atoms with Gasteiger partial charge in [0.25, 0.3) is 5.91 Å². The molecule has 0 aliphatic rings. The van der Waals surface area contributed by atoms with E-state index in [0.717, 1.165) is 5.56 Å². The molecular weight excluding hydrogens is 304 g/mol. The van der Waals surface area contributed by atoms with Crippen LogP contribution >= 0.6 is 11.6 Å². The lowest BCUT2D eigenvalue weighted by Gasteiger charge is -2.08. The molecule has 0 fully saturated rings. The van der Waals surface area contributed by atoms with Crippen molar-refractivity contribution in [1.29, 1.82) is 0 Å². The average molecular weight is 319 g/mol. The number of benzene rings is 2. The van der Waals surface area contributed by atoms with Crippen molar-refractivity contribution >= 4 is 29.2 Å². The number of nitrogens with one attached hydrogen (secondary N) is 1. The molecule has 0 unspecified atom stereocenters. The monoisotopic (exact) mass is 318 g/mol. The van der Waals surface area contributed by atoms with Crippen LogP contribution in [0.3, 0.4) is 0 Å². The number of anilines is 1. The van der Waals surface area contributed by atoms with Crippen LogP contribution in [0.15, 0.2) is 42.5 Å². The summed E-state index contributed by atoms with van der Waals surface area (Å²) in [6.45, 7) is 1.73. The van der Waals surface area contributed by atoms with E-state index in [1.807, 2.05) is 0 Å². The SMILES string of the molecule is Cc1cc(Cl)ccc1C(=O)ONC(=O)Cc1cccc(N)c1. The molecule has 114 valence electrons. The van der Waals surface area contributed by atoms with Crippen molar-refractivity contribution in [3.8, 4) is 0 Å². The van der Waals surface area contributed by atoms with Crippen molar-refractivity contribution in [2.24, 2.45) is 0 Å². The number of nitrogens with two attached hydrogens (primary N) is 1. The molecule has 0 atom stereocenters. The predicted octanol–water partition coefficient (Wildman–Crippen LogP) is 2.66. The third-order valence-electron chi connectivity index (χ3n) is 2.98. The number of halogens is 1. The summed E-state index contributed by atoms with van der Waals surface area (Å²) in [5.41, 5.74) is 10.1. The first-order valence-electron chi connectivity index (χ1n) is 6.56. The molecule has 0 heterocycles. The van der Waals surface area contributed by atoms with Gasteiger partial charge < -0.3 is 10.6 Å². The van der Waals surface area contributed by atoms with Crippen molar-refractivity contribution in [1.82, 2.24) is 5.48 Å². The lowest BCUT2D eigenvalue weighted by atomic mass is 10.1. The Morgan fingerprint density at radius 1 is 1.23 bits per heavy atom. The standard InChI is InChI=1S/C16H15ClN2O3/c1-10-7-12(17)5-6-14(10)16(21)22-19-15(20)9-11-3-2-4-13(18)8-11/h2-8H,9,18H2,1H3,(H,19,20). The van der Waals surface area contributed by atoms with E-state index in [2.05, 4.69) is 5.48 Å². The van der Waals surface area contributed by atoms with Crippen LogP contribution in [0.4, 0.5) is 5.69 Å². The van der Waals surface area contributed by atoms with E-state index in [0.29, 0.717) is 21.8 Å². The molecule has 1 amide bonds. The maximum Gasteiger partial charge on any atom is 0.363 e.